The molecule has 0 saturated carbocycles. The molecule has 1 aromatic rings. The smallest absolute Gasteiger partial charge is 0.319 e. The Balaban J connectivity index is 2.15. The standard InChI is InChI=1S/C15H17ClFNO4/c1-9(10-2-3-11(16)12(17)8-10)18-13(19)15(14(20)21)4-6-22-7-5-15/h2-3,8-9H,4-7H2,1H3,(H,18,19)(H,20,21). The third-order valence-corrected chi connectivity index (χ3v) is 4.29. The quantitative estimate of drug-likeness (QED) is 0.832. The van der Waals surface area contributed by atoms with Crippen molar-refractivity contribution in [2.45, 2.75) is 25.8 Å². The molecular formula is C15H17ClFNO4. The molecule has 0 radical (unpaired) electrons. The second kappa shape index (κ2) is 6.62. The molecule has 0 bridgehead atoms. The summed E-state index contributed by atoms with van der Waals surface area (Å²) in [6.45, 7) is 2.11. The molecule has 1 aliphatic heterocycles. The van der Waals surface area contributed by atoms with Gasteiger partial charge in [-0.2, -0.15) is 0 Å². The van der Waals surface area contributed by atoms with Crippen LogP contribution in [0.15, 0.2) is 18.2 Å². The van der Waals surface area contributed by atoms with Crippen LogP contribution in [-0.4, -0.2) is 30.2 Å². The van der Waals surface area contributed by atoms with Crippen molar-refractivity contribution in [2.24, 2.45) is 5.41 Å². The van der Waals surface area contributed by atoms with Gasteiger partial charge in [0, 0.05) is 13.2 Å². The van der Waals surface area contributed by atoms with Crippen molar-refractivity contribution in [3.05, 3.63) is 34.6 Å². The Morgan fingerprint density at radius 3 is 2.59 bits per heavy atom. The van der Waals surface area contributed by atoms with E-state index in [0.29, 0.717) is 5.56 Å². The van der Waals surface area contributed by atoms with Crippen LogP contribution in [0.4, 0.5) is 4.39 Å². The number of carboxylic acid groups (broad SMARTS) is 1. The third kappa shape index (κ3) is 3.23. The lowest BCUT2D eigenvalue weighted by molar-refractivity contribution is -0.162. The molecular weight excluding hydrogens is 313 g/mol. The van der Waals surface area contributed by atoms with Gasteiger partial charge in [-0.15, -0.1) is 0 Å². The molecule has 1 aliphatic rings. The average Bonchev–Trinajstić information content (AvgIpc) is 2.50. The Labute approximate surface area is 132 Å². The van der Waals surface area contributed by atoms with Crippen molar-refractivity contribution in [2.75, 3.05) is 13.2 Å². The molecule has 1 amide bonds. The molecule has 120 valence electrons. The van der Waals surface area contributed by atoms with Gasteiger partial charge in [-0.25, -0.2) is 4.39 Å². The van der Waals surface area contributed by atoms with Gasteiger partial charge in [0.2, 0.25) is 5.91 Å². The van der Waals surface area contributed by atoms with Gasteiger partial charge in [0.05, 0.1) is 11.1 Å². The number of rotatable bonds is 4. The van der Waals surface area contributed by atoms with E-state index in [1.54, 1.807) is 13.0 Å². The number of carbonyl (C=O) groups excluding carboxylic acids is 1. The summed E-state index contributed by atoms with van der Waals surface area (Å²) in [5.74, 6) is -2.33. The van der Waals surface area contributed by atoms with Crippen LogP contribution in [0.1, 0.15) is 31.4 Å². The predicted molar refractivity (Wildman–Crippen MR) is 78.1 cm³/mol. The maximum atomic E-state index is 13.5. The first-order valence-corrected chi connectivity index (χ1v) is 7.31. The summed E-state index contributed by atoms with van der Waals surface area (Å²) in [5.41, 5.74) is -0.972. The number of hydrogen-bond acceptors (Lipinski definition) is 3. The summed E-state index contributed by atoms with van der Waals surface area (Å²) < 4.78 is 18.6. The molecule has 1 heterocycles. The highest BCUT2D eigenvalue weighted by molar-refractivity contribution is 6.30. The van der Waals surface area contributed by atoms with Crippen molar-refractivity contribution in [3.8, 4) is 0 Å². The van der Waals surface area contributed by atoms with E-state index in [9.17, 15) is 19.1 Å². The van der Waals surface area contributed by atoms with E-state index >= 15 is 0 Å². The van der Waals surface area contributed by atoms with Crippen LogP contribution in [-0.2, 0) is 14.3 Å². The fourth-order valence-electron chi connectivity index (χ4n) is 2.46. The fourth-order valence-corrected chi connectivity index (χ4v) is 2.58. The Bertz CT molecular complexity index is 587. The van der Waals surface area contributed by atoms with E-state index in [0.717, 1.165) is 0 Å². The lowest BCUT2D eigenvalue weighted by atomic mass is 9.79. The topological polar surface area (TPSA) is 75.6 Å². The molecule has 22 heavy (non-hydrogen) atoms. The number of nitrogens with one attached hydrogen (secondary N) is 1. The summed E-state index contributed by atoms with van der Waals surface area (Å²) in [6, 6.07) is 3.69. The summed E-state index contributed by atoms with van der Waals surface area (Å²) in [4.78, 5) is 24.0. The molecule has 1 unspecified atom stereocenters. The number of aliphatic carboxylic acids is 1. The van der Waals surface area contributed by atoms with Crippen LogP contribution in [0.25, 0.3) is 0 Å². The normalized spacial score (nSPS) is 18.5. The summed E-state index contributed by atoms with van der Waals surface area (Å²) in [7, 11) is 0. The van der Waals surface area contributed by atoms with Gasteiger partial charge in [-0.3, -0.25) is 9.59 Å². The van der Waals surface area contributed by atoms with E-state index < -0.39 is 29.2 Å². The van der Waals surface area contributed by atoms with Crippen molar-refractivity contribution < 1.29 is 23.8 Å². The SMILES string of the molecule is CC(NC(=O)C1(C(=O)O)CCOCC1)c1ccc(Cl)c(F)c1. The number of halogens is 2. The first-order valence-electron chi connectivity index (χ1n) is 6.94. The zero-order valence-corrected chi connectivity index (χ0v) is 12.8. The average molecular weight is 330 g/mol. The van der Waals surface area contributed by atoms with Gasteiger partial charge < -0.3 is 15.2 Å². The molecule has 7 heteroatoms. The number of carboxylic acids is 1. The summed E-state index contributed by atoms with van der Waals surface area (Å²) in [6.07, 6.45) is 0.242. The summed E-state index contributed by atoms with van der Waals surface area (Å²) in [5, 5.41) is 12.1. The minimum Gasteiger partial charge on any atom is -0.480 e. The number of hydrogen-bond donors (Lipinski definition) is 2. The van der Waals surface area contributed by atoms with E-state index in [2.05, 4.69) is 5.32 Å². The van der Waals surface area contributed by atoms with E-state index in [-0.39, 0.29) is 31.1 Å². The monoisotopic (exact) mass is 329 g/mol. The molecule has 1 aromatic carbocycles. The molecule has 1 saturated heterocycles. The van der Waals surface area contributed by atoms with E-state index in [1.165, 1.54) is 12.1 Å². The van der Waals surface area contributed by atoms with Crippen molar-refractivity contribution in [3.63, 3.8) is 0 Å². The number of ether oxygens (including phenoxy) is 1. The predicted octanol–water partition coefficient (Wildman–Crippen LogP) is 2.54. The van der Waals surface area contributed by atoms with Crippen LogP contribution in [0, 0.1) is 11.2 Å². The first-order chi connectivity index (χ1) is 10.4. The first kappa shape index (κ1) is 16.7. The molecule has 2 rings (SSSR count). The molecule has 5 nitrogen and oxygen atoms in total. The minimum absolute atomic E-state index is 0.00582. The minimum atomic E-state index is -1.49. The van der Waals surface area contributed by atoms with Crippen molar-refractivity contribution >= 4 is 23.5 Å². The zero-order chi connectivity index (χ0) is 16.3. The van der Waals surface area contributed by atoms with Gasteiger partial charge in [-0.05, 0) is 37.5 Å². The zero-order valence-electron chi connectivity index (χ0n) is 12.1. The fraction of sp³-hybridized carbons (Fsp3) is 0.467. The molecule has 2 N–H and O–H groups in total. The highest BCUT2D eigenvalue weighted by Crippen LogP contribution is 2.32. The van der Waals surface area contributed by atoms with E-state index in [4.69, 9.17) is 16.3 Å². The lowest BCUT2D eigenvalue weighted by Gasteiger charge is -2.32. The van der Waals surface area contributed by atoms with Crippen molar-refractivity contribution in [1.29, 1.82) is 0 Å². The largest absolute Gasteiger partial charge is 0.480 e. The molecule has 0 aromatic heterocycles. The van der Waals surface area contributed by atoms with Gasteiger partial charge in [0.1, 0.15) is 5.82 Å². The van der Waals surface area contributed by atoms with Gasteiger partial charge >= 0.3 is 5.97 Å². The maximum Gasteiger partial charge on any atom is 0.319 e. The Morgan fingerprint density at radius 2 is 2.05 bits per heavy atom. The molecule has 0 aliphatic carbocycles. The van der Waals surface area contributed by atoms with Gasteiger partial charge in [0.25, 0.3) is 0 Å². The Morgan fingerprint density at radius 1 is 1.41 bits per heavy atom. The number of carbonyl (C=O) groups is 2. The van der Waals surface area contributed by atoms with E-state index in [1.807, 2.05) is 0 Å². The Hall–Kier alpha value is -1.66. The van der Waals surface area contributed by atoms with Crippen LogP contribution >= 0.6 is 11.6 Å². The number of benzene rings is 1. The van der Waals surface area contributed by atoms with Crippen LogP contribution in [0.5, 0.6) is 0 Å². The van der Waals surface area contributed by atoms with Crippen LogP contribution < -0.4 is 5.32 Å². The van der Waals surface area contributed by atoms with Crippen molar-refractivity contribution in [1.82, 2.24) is 5.32 Å². The Kier molecular flexibility index (Phi) is 5.03. The lowest BCUT2D eigenvalue weighted by Crippen LogP contribution is -2.50. The second-order valence-corrected chi connectivity index (χ2v) is 5.78. The second-order valence-electron chi connectivity index (χ2n) is 5.37. The highest BCUT2D eigenvalue weighted by atomic mass is 35.5. The van der Waals surface area contributed by atoms with Crippen LogP contribution in [0.3, 0.4) is 0 Å². The molecule has 1 atom stereocenters. The number of amides is 1. The van der Waals surface area contributed by atoms with Crippen LogP contribution in [0.2, 0.25) is 5.02 Å². The maximum absolute atomic E-state index is 13.5. The molecule has 1 fully saturated rings. The van der Waals surface area contributed by atoms with Gasteiger partial charge in [-0.1, -0.05) is 17.7 Å². The molecule has 0 spiro atoms. The summed E-state index contributed by atoms with van der Waals surface area (Å²) >= 11 is 5.62. The third-order valence-electron chi connectivity index (χ3n) is 3.98. The highest BCUT2D eigenvalue weighted by Gasteiger charge is 2.47. The van der Waals surface area contributed by atoms with Gasteiger partial charge in [0.15, 0.2) is 5.41 Å².